The van der Waals surface area contributed by atoms with Gasteiger partial charge in [-0.05, 0) is 55.8 Å². The lowest BCUT2D eigenvalue weighted by molar-refractivity contribution is 0.0935. The van der Waals surface area contributed by atoms with Gasteiger partial charge >= 0.3 is 0 Å². The highest BCUT2D eigenvalue weighted by Crippen LogP contribution is 2.22. The summed E-state index contributed by atoms with van der Waals surface area (Å²) >= 11 is 0. The van der Waals surface area contributed by atoms with Crippen molar-refractivity contribution in [2.24, 2.45) is 0 Å². The molecule has 0 aromatic heterocycles. The van der Waals surface area contributed by atoms with Crippen molar-refractivity contribution in [2.75, 3.05) is 32.7 Å². The molecule has 1 heterocycles. The fourth-order valence-corrected chi connectivity index (χ4v) is 5.46. The molecule has 6 nitrogen and oxygen atoms in total. The summed E-state index contributed by atoms with van der Waals surface area (Å²) in [6, 6.07) is 16.5. The first kappa shape index (κ1) is 22.5. The minimum absolute atomic E-state index is 0.0833. The van der Waals surface area contributed by atoms with E-state index in [-0.39, 0.29) is 16.8 Å². The van der Waals surface area contributed by atoms with Crippen LogP contribution in [0.4, 0.5) is 0 Å². The molecule has 0 bridgehead atoms. The lowest BCUT2D eigenvalue weighted by Crippen LogP contribution is -2.38. The van der Waals surface area contributed by atoms with E-state index >= 15 is 0 Å². The average Bonchev–Trinajstić information content (AvgIpc) is 3.33. The molecule has 1 aliphatic rings. The minimum atomic E-state index is -3.47. The Balaban J connectivity index is 1.69. The third kappa shape index (κ3) is 5.09. The van der Waals surface area contributed by atoms with Gasteiger partial charge in [0.05, 0.1) is 10.9 Å². The van der Waals surface area contributed by atoms with Gasteiger partial charge in [-0.15, -0.1) is 0 Å². The lowest BCUT2D eigenvalue weighted by atomic mass is 10.0. The van der Waals surface area contributed by atoms with E-state index < -0.39 is 10.0 Å². The van der Waals surface area contributed by atoms with Crippen molar-refractivity contribution in [3.63, 3.8) is 0 Å². The van der Waals surface area contributed by atoms with E-state index in [1.807, 2.05) is 18.2 Å². The highest BCUT2D eigenvalue weighted by atomic mass is 32.2. The molecular formula is C23H31N3O3S. The molecule has 162 valence electrons. The summed E-state index contributed by atoms with van der Waals surface area (Å²) in [7, 11) is -3.47. The van der Waals surface area contributed by atoms with Crippen LogP contribution in [0.15, 0.2) is 59.5 Å². The monoisotopic (exact) mass is 429 g/mol. The average molecular weight is 430 g/mol. The number of amides is 1. The standard InChI is InChI=1S/C23H31N3O3S/c1-3-25(4-2)22(19-10-6-5-7-11-19)18-24-23(27)20-12-14-21(15-13-20)30(28,29)26-16-8-9-17-26/h5-7,10-15,22H,3-4,8-9,16-18H2,1-2H3,(H,24,27)/t22-/m1/s1. The second-order valence-corrected chi connectivity index (χ2v) is 9.43. The maximum Gasteiger partial charge on any atom is 0.251 e. The number of nitrogens with zero attached hydrogens (tertiary/aromatic N) is 2. The van der Waals surface area contributed by atoms with Crippen molar-refractivity contribution in [1.82, 2.24) is 14.5 Å². The molecule has 1 aliphatic heterocycles. The van der Waals surface area contributed by atoms with Gasteiger partial charge in [-0.3, -0.25) is 9.69 Å². The number of benzene rings is 2. The van der Waals surface area contributed by atoms with E-state index in [2.05, 4.69) is 36.2 Å². The maximum atomic E-state index is 12.7. The number of rotatable bonds is 9. The molecule has 1 saturated heterocycles. The Morgan fingerprint density at radius 1 is 1.00 bits per heavy atom. The second kappa shape index (κ2) is 10.2. The lowest BCUT2D eigenvalue weighted by Gasteiger charge is -2.30. The third-order valence-corrected chi connectivity index (χ3v) is 7.63. The number of hydrogen-bond acceptors (Lipinski definition) is 4. The zero-order valence-electron chi connectivity index (χ0n) is 17.8. The molecule has 0 aliphatic carbocycles. The van der Waals surface area contributed by atoms with Crippen molar-refractivity contribution >= 4 is 15.9 Å². The predicted molar refractivity (Wildman–Crippen MR) is 119 cm³/mol. The van der Waals surface area contributed by atoms with Gasteiger partial charge in [0.2, 0.25) is 10.0 Å². The van der Waals surface area contributed by atoms with Crippen LogP contribution >= 0.6 is 0 Å². The van der Waals surface area contributed by atoms with Gasteiger partial charge in [0, 0.05) is 25.2 Å². The molecule has 0 saturated carbocycles. The van der Waals surface area contributed by atoms with E-state index in [4.69, 9.17) is 0 Å². The minimum Gasteiger partial charge on any atom is -0.350 e. The molecule has 2 aromatic rings. The van der Waals surface area contributed by atoms with E-state index in [9.17, 15) is 13.2 Å². The summed E-state index contributed by atoms with van der Waals surface area (Å²) in [5.41, 5.74) is 1.62. The van der Waals surface area contributed by atoms with Crippen LogP contribution in [0.1, 0.15) is 48.7 Å². The summed E-state index contributed by atoms with van der Waals surface area (Å²) in [4.78, 5) is 15.3. The van der Waals surface area contributed by atoms with Crippen LogP contribution in [0.5, 0.6) is 0 Å². The van der Waals surface area contributed by atoms with Crippen LogP contribution in [-0.2, 0) is 10.0 Å². The van der Waals surface area contributed by atoms with Crippen LogP contribution in [0.25, 0.3) is 0 Å². The van der Waals surface area contributed by atoms with Gasteiger partial charge in [-0.25, -0.2) is 8.42 Å². The molecule has 1 fully saturated rings. The van der Waals surface area contributed by atoms with Crippen LogP contribution in [0.3, 0.4) is 0 Å². The van der Waals surface area contributed by atoms with Crippen molar-refractivity contribution < 1.29 is 13.2 Å². The summed E-state index contributed by atoms with van der Waals surface area (Å²) in [5, 5.41) is 3.02. The second-order valence-electron chi connectivity index (χ2n) is 7.49. The van der Waals surface area contributed by atoms with Crippen LogP contribution < -0.4 is 5.32 Å². The van der Waals surface area contributed by atoms with Crippen LogP contribution in [-0.4, -0.2) is 56.3 Å². The van der Waals surface area contributed by atoms with E-state index in [0.717, 1.165) is 31.5 Å². The molecule has 2 aromatic carbocycles. The van der Waals surface area contributed by atoms with E-state index in [1.165, 1.54) is 16.4 Å². The largest absolute Gasteiger partial charge is 0.350 e. The van der Waals surface area contributed by atoms with Crippen molar-refractivity contribution in [3.8, 4) is 0 Å². The number of carbonyl (C=O) groups excluding carboxylic acids is 1. The zero-order valence-corrected chi connectivity index (χ0v) is 18.6. The Bertz CT molecular complexity index is 920. The summed E-state index contributed by atoms with van der Waals surface area (Å²) < 4.78 is 26.8. The molecule has 0 unspecified atom stereocenters. The topological polar surface area (TPSA) is 69.7 Å². The van der Waals surface area contributed by atoms with Crippen molar-refractivity contribution in [3.05, 3.63) is 65.7 Å². The van der Waals surface area contributed by atoms with Gasteiger partial charge in [0.25, 0.3) is 5.91 Å². The van der Waals surface area contributed by atoms with Crippen molar-refractivity contribution in [1.29, 1.82) is 0 Å². The van der Waals surface area contributed by atoms with Gasteiger partial charge in [0.1, 0.15) is 0 Å². The molecule has 3 rings (SSSR count). The molecule has 0 spiro atoms. The van der Waals surface area contributed by atoms with Gasteiger partial charge in [0.15, 0.2) is 0 Å². The number of likely N-dealkylation sites (N-methyl/N-ethyl adjacent to an activating group) is 1. The summed E-state index contributed by atoms with van der Waals surface area (Å²) in [6.45, 7) is 7.61. The third-order valence-electron chi connectivity index (χ3n) is 5.71. The first-order chi connectivity index (χ1) is 14.5. The van der Waals surface area contributed by atoms with Gasteiger partial charge in [-0.2, -0.15) is 4.31 Å². The van der Waals surface area contributed by atoms with Gasteiger partial charge in [-0.1, -0.05) is 44.2 Å². The summed E-state index contributed by atoms with van der Waals surface area (Å²) in [5.74, 6) is -0.201. The van der Waals surface area contributed by atoms with Gasteiger partial charge < -0.3 is 5.32 Å². The van der Waals surface area contributed by atoms with Crippen LogP contribution in [0.2, 0.25) is 0 Å². The molecule has 1 amide bonds. The molecule has 0 radical (unpaired) electrons. The Morgan fingerprint density at radius 2 is 1.60 bits per heavy atom. The highest BCUT2D eigenvalue weighted by Gasteiger charge is 2.27. The molecule has 7 heteroatoms. The fraction of sp³-hybridized carbons (Fsp3) is 0.435. The van der Waals surface area contributed by atoms with Crippen LogP contribution in [0, 0.1) is 0 Å². The first-order valence-corrected chi connectivity index (χ1v) is 12.1. The Kier molecular flexibility index (Phi) is 7.64. The Labute approximate surface area is 179 Å². The Morgan fingerprint density at radius 3 is 2.17 bits per heavy atom. The zero-order chi connectivity index (χ0) is 21.6. The molecule has 1 atom stereocenters. The number of carbonyl (C=O) groups is 1. The number of sulfonamides is 1. The quantitative estimate of drug-likeness (QED) is 0.664. The first-order valence-electron chi connectivity index (χ1n) is 10.6. The number of nitrogens with one attached hydrogen (secondary N) is 1. The predicted octanol–water partition coefficient (Wildman–Crippen LogP) is 3.28. The van der Waals surface area contributed by atoms with Crippen molar-refractivity contribution in [2.45, 2.75) is 37.6 Å². The highest BCUT2D eigenvalue weighted by molar-refractivity contribution is 7.89. The molecular weight excluding hydrogens is 398 g/mol. The summed E-state index contributed by atoms with van der Waals surface area (Å²) in [6.07, 6.45) is 1.80. The smallest absolute Gasteiger partial charge is 0.251 e. The normalized spacial score (nSPS) is 16.0. The number of hydrogen-bond donors (Lipinski definition) is 1. The molecule has 1 N–H and O–H groups in total. The maximum absolute atomic E-state index is 12.7. The Hall–Kier alpha value is -2.22. The molecule has 30 heavy (non-hydrogen) atoms. The SMILES string of the molecule is CCN(CC)[C@H](CNC(=O)c1ccc(S(=O)(=O)N2CCCC2)cc1)c1ccccc1. The van der Waals surface area contributed by atoms with E-state index in [1.54, 1.807) is 12.1 Å². The van der Waals surface area contributed by atoms with E-state index in [0.29, 0.717) is 25.2 Å². The fourth-order valence-electron chi connectivity index (χ4n) is 3.94.